The average molecular weight is 361 g/mol. The largest absolute Gasteiger partial charge is 0.469 e. The van der Waals surface area contributed by atoms with Crippen LogP contribution in [0.15, 0.2) is 23.2 Å². The molecule has 0 unspecified atom stereocenters. The molecule has 2 rings (SSSR count). The third-order valence-corrected chi connectivity index (χ3v) is 4.91. The van der Waals surface area contributed by atoms with Gasteiger partial charge in [-0.3, -0.25) is 4.79 Å². The van der Waals surface area contributed by atoms with Crippen LogP contribution in [-0.2, 0) is 16.1 Å². The smallest absolute Gasteiger partial charge is 0.308 e. The van der Waals surface area contributed by atoms with Crippen molar-refractivity contribution in [2.75, 3.05) is 45.7 Å². The first-order valence-electron chi connectivity index (χ1n) is 9.34. The Morgan fingerprint density at radius 1 is 1.35 bits per heavy atom. The fourth-order valence-electron chi connectivity index (χ4n) is 3.22. The summed E-state index contributed by atoms with van der Waals surface area (Å²) in [6.45, 7) is 7.34. The van der Waals surface area contributed by atoms with E-state index in [1.165, 1.54) is 23.9 Å². The predicted octanol–water partition coefficient (Wildman–Crippen LogP) is 2.41. The molecule has 1 aromatic rings. The van der Waals surface area contributed by atoms with Crippen LogP contribution in [-0.4, -0.2) is 57.7 Å². The molecule has 6 heteroatoms. The number of ether oxygens (including phenoxy) is 1. The molecular formula is C20H32N4O2. The molecule has 0 bridgehead atoms. The number of aryl methyl sites for hydroxylation is 1. The van der Waals surface area contributed by atoms with Crippen molar-refractivity contribution in [1.82, 2.24) is 10.2 Å². The number of esters is 1. The summed E-state index contributed by atoms with van der Waals surface area (Å²) >= 11 is 0. The molecule has 1 N–H and O–H groups in total. The highest BCUT2D eigenvalue weighted by molar-refractivity contribution is 5.80. The Hall–Kier alpha value is -2.24. The van der Waals surface area contributed by atoms with E-state index in [1.54, 1.807) is 0 Å². The van der Waals surface area contributed by atoms with Crippen molar-refractivity contribution in [3.63, 3.8) is 0 Å². The lowest BCUT2D eigenvalue weighted by atomic mass is 9.97. The van der Waals surface area contributed by atoms with Crippen molar-refractivity contribution < 1.29 is 9.53 Å². The highest BCUT2D eigenvalue weighted by Gasteiger charge is 2.26. The van der Waals surface area contributed by atoms with Crippen molar-refractivity contribution in [2.45, 2.75) is 33.2 Å². The lowest BCUT2D eigenvalue weighted by Crippen LogP contribution is -2.46. The molecule has 1 saturated heterocycles. The van der Waals surface area contributed by atoms with Gasteiger partial charge in [-0.1, -0.05) is 6.07 Å². The van der Waals surface area contributed by atoms with E-state index in [9.17, 15) is 4.79 Å². The van der Waals surface area contributed by atoms with Gasteiger partial charge in [-0.05, 0) is 49.9 Å². The van der Waals surface area contributed by atoms with Crippen LogP contribution in [0.5, 0.6) is 0 Å². The van der Waals surface area contributed by atoms with Crippen LogP contribution in [0.3, 0.4) is 0 Å². The van der Waals surface area contributed by atoms with E-state index in [4.69, 9.17) is 9.73 Å². The number of piperidine rings is 1. The van der Waals surface area contributed by atoms with Gasteiger partial charge in [0.25, 0.3) is 0 Å². The number of methoxy groups -OCH3 is 1. The third-order valence-electron chi connectivity index (χ3n) is 4.91. The second-order valence-electron chi connectivity index (χ2n) is 6.96. The first-order valence-corrected chi connectivity index (χ1v) is 9.34. The van der Waals surface area contributed by atoms with Gasteiger partial charge >= 0.3 is 5.97 Å². The van der Waals surface area contributed by atoms with Crippen molar-refractivity contribution in [2.24, 2.45) is 10.9 Å². The molecule has 0 spiro atoms. The van der Waals surface area contributed by atoms with Gasteiger partial charge in [-0.15, -0.1) is 0 Å². The minimum atomic E-state index is -0.0943. The zero-order chi connectivity index (χ0) is 19.1. The molecule has 0 radical (unpaired) electrons. The number of carbonyl (C=O) groups excluding carboxylic acids is 1. The van der Waals surface area contributed by atoms with Crippen LogP contribution >= 0.6 is 0 Å². The Labute approximate surface area is 157 Å². The molecule has 0 amide bonds. The zero-order valence-corrected chi connectivity index (χ0v) is 16.7. The molecule has 0 atom stereocenters. The van der Waals surface area contributed by atoms with E-state index in [0.717, 1.165) is 38.4 Å². The van der Waals surface area contributed by atoms with Gasteiger partial charge in [0.1, 0.15) is 0 Å². The Kier molecular flexibility index (Phi) is 7.30. The van der Waals surface area contributed by atoms with E-state index >= 15 is 0 Å². The second-order valence-corrected chi connectivity index (χ2v) is 6.96. The molecule has 1 aromatic carbocycles. The molecule has 6 nitrogen and oxygen atoms in total. The number of anilines is 1. The summed E-state index contributed by atoms with van der Waals surface area (Å²) in [6.07, 6.45) is 1.63. The van der Waals surface area contributed by atoms with Gasteiger partial charge < -0.3 is 19.9 Å². The standard InChI is InChI=1S/C20H32N4O2/c1-6-21-20(24-11-9-16(10-12-24)19(25)26-5)22-14-17-7-8-18(23(3)4)13-15(17)2/h7-8,13,16H,6,9-12,14H2,1-5H3,(H,21,22). The summed E-state index contributed by atoms with van der Waals surface area (Å²) in [4.78, 5) is 20.9. The second kappa shape index (κ2) is 9.46. The molecule has 0 aliphatic carbocycles. The number of hydrogen-bond acceptors (Lipinski definition) is 4. The normalized spacial score (nSPS) is 15.7. The number of hydrogen-bond donors (Lipinski definition) is 1. The summed E-state index contributed by atoms with van der Waals surface area (Å²) in [5.41, 5.74) is 3.68. The number of rotatable bonds is 5. The van der Waals surface area contributed by atoms with Crippen LogP contribution < -0.4 is 10.2 Å². The lowest BCUT2D eigenvalue weighted by Gasteiger charge is -2.33. The summed E-state index contributed by atoms with van der Waals surface area (Å²) < 4.78 is 4.87. The molecule has 1 heterocycles. The Bertz CT molecular complexity index is 635. The minimum absolute atomic E-state index is 0.0138. The SMILES string of the molecule is CCNC(=NCc1ccc(N(C)C)cc1C)N1CCC(C(=O)OC)CC1. The third kappa shape index (κ3) is 5.13. The van der Waals surface area contributed by atoms with Crippen LogP contribution in [0.1, 0.15) is 30.9 Å². The Morgan fingerprint density at radius 3 is 2.58 bits per heavy atom. The number of likely N-dealkylation sites (tertiary alicyclic amines) is 1. The molecule has 0 aromatic heterocycles. The van der Waals surface area contributed by atoms with Crippen LogP contribution in [0.4, 0.5) is 5.69 Å². The van der Waals surface area contributed by atoms with E-state index in [0.29, 0.717) is 6.54 Å². The number of aliphatic imine (C=N–C) groups is 1. The minimum Gasteiger partial charge on any atom is -0.469 e. The van der Waals surface area contributed by atoms with Crippen molar-refractivity contribution in [3.8, 4) is 0 Å². The maximum absolute atomic E-state index is 11.7. The van der Waals surface area contributed by atoms with Crippen molar-refractivity contribution >= 4 is 17.6 Å². The van der Waals surface area contributed by atoms with Crippen LogP contribution in [0, 0.1) is 12.8 Å². The molecular weight excluding hydrogens is 328 g/mol. The van der Waals surface area contributed by atoms with Crippen LogP contribution in [0.2, 0.25) is 0 Å². The maximum atomic E-state index is 11.7. The lowest BCUT2D eigenvalue weighted by molar-refractivity contribution is -0.146. The molecule has 1 fully saturated rings. The first-order chi connectivity index (χ1) is 12.5. The topological polar surface area (TPSA) is 57.2 Å². The first kappa shape index (κ1) is 20.1. The van der Waals surface area contributed by atoms with Gasteiger partial charge in [0.2, 0.25) is 0 Å². The summed E-state index contributed by atoms with van der Waals surface area (Å²) in [5.74, 6) is 0.843. The Balaban J connectivity index is 2.04. The molecule has 26 heavy (non-hydrogen) atoms. The van der Waals surface area contributed by atoms with Gasteiger partial charge in [0, 0.05) is 39.4 Å². The average Bonchev–Trinajstić information content (AvgIpc) is 2.65. The molecule has 0 saturated carbocycles. The highest BCUT2D eigenvalue weighted by atomic mass is 16.5. The van der Waals surface area contributed by atoms with Gasteiger partial charge in [-0.2, -0.15) is 0 Å². The fraction of sp³-hybridized carbons (Fsp3) is 0.600. The van der Waals surface area contributed by atoms with Crippen molar-refractivity contribution in [3.05, 3.63) is 29.3 Å². The summed E-state index contributed by atoms with van der Waals surface area (Å²) in [5, 5.41) is 3.38. The summed E-state index contributed by atoms with van der Waals surface area (Å²) in [7, 11) is 5.56. The molecule has 1 aliphatic rings. The number of carbonyl (C=O) groups is 1. The Morgan fingerprint density at radius 2 is 2.04 bits per heavy atom. The molecule has 144 valence electrons. The summed E-state index contributed by atoms with van der Waals surface area (Å²) in [6, 6.07) is 6.48. The fourth-order valence-corrected chi connectivity index (χ4v) is 3.22. The number of guanidine groups is 1. The van der Waals surface area contributed by atoms with Crippen molar-refractivity contribution in [1.29, 1.82) is 0 Å². The highest BCUT2D eigenvalue weighted by Crippen LogP contribution is 2.20. The number of benzene rings is 1. The van der Waals surface area contributed by atoms with Gasteiger partial charge in [-0.25, -0.2) is 4.99 Å². The maximum Gasteiger partial charge on any atom is 0.308 e. The number of nitrogens with zero attached hydrogens (tertiary/aromatic N) is 3. The monoisotopic (exact) mass is 360 g/mol. The van der Waals surface area contributed by atoms with E-state index < -0.39 is 0 Å². The van der Waals surface area contributed by atoms with E-state index in [2.05, 4.69) is 47.2 Å². The van der Waals surface area contributed by atoms with Crippen LogP contribution in [0.25, 0.3) is 0 Å². The number of nitrogens with one attached hydrogen (secondary N) is 1. The van der Waals surface area contributed by atoms with Gasteiger partial charge in [0.05, 0.1) is 19.6 Å². The zero-order valence-electron chi connectivity index (χ0n) is 16.7. The molecule has 1 aliphatic heterocycles. The van der Waals surface area contributed by atoms with E-state index in [-0.39, 0.29) is 11.9 Å². The van der Waals surface area contributed by atoms with Gasteiger partial charge in [0.15, 0.2) is 5.96 Å². The van der Waals surface area contributed by atoms with E-state index in [1.807, 2.05) is 14.1 Å². The quantitative estimate of drug-likeness (QED) is 0.496. The predicted molar refractivity (Wildman–Crippen MR) is 107 cm³/mol.